The van der Waals surface area contributed by atoms with Crippen LogP contribution in [0.1, 0.15) is 25.3 Å². The summed E-state index contributed by atoms with van der Waals surface area (Å²) in [5, 5.41) is 7.83. The van der Waals surface area contributed by atoms with Crippen molar-refractivity contribution in [2.24, 2.45) is 0 Å². The summed E-state index contributed by atoms with van der Waals surface area (Å²) < 4.78 is 1.96. The lowest BCUT2D eigenvalue weighted by Crippen LogP contribution is -2.14. The van der Waals surface area contributed by atoms with Crippen molar-refractivity contribution in [3.05, 3.63) is 60.9 Å². The van der Waals surface area contributed by atoms with Gasteiger partial charge >= 0.3 is 0 Å². The summed E-state index contributed by atoms with van der Waals surface area (Å²) in [6.45, 7) is 6.73. The zero-order chi connectivity index (χ0) is 13.5. The van der Waals surface area contributed by atoms with Crippen molar-refractivity contribution in [3.63, 3.8) is 0 Å². The molecule has 2 aromatic rings. The van der Waals surface area contributed by atoms with Crippen molar-refractivity contribution in [1.29, 1.82) is 0 Å². The molecule has 0 spiro atoms. The first-order valence-electron chi connectivity index (χ1n) is 6.71. The number of hydrogen-bond acceptors (Lipinski definition) is 2. The Morgan fingerprint density at radius 1 is 1.37 bits per heavy atom. The van der Waals surface area contributed by atoms with E-state index in [1.165, 1.54) is 5.56 Å². The maximum atomic E-state index is 4.38. The molecular formula is C16H21N3. The van der Waals surface area contributed by atoms with Gasteiger partial charge in [-0.25, -0.2) is 0 Å². The van der Waals surface area contributed by atoms with Gasteiger partial charge in [0.1, 0.15) is 0 Å². The van der Waals surface area contributed by atoms with Gasteiger partial charge < -0.3 is 5.32 Å². The maximum Gasteiger partial charge on any atom is 0.0728 e. The molecule has 0 aliphatic heterocycles. The van der Waals surface area contributed by atoms with Gasteiger partial charge in [-0.2, -0.15) is 5.10 Å². The molecule has 1 atom stereocenters. The molecule has 1 unspecified atom stereocenters. The van der Waals surface area contributed by atoms with E-state index in [4.69, 9.17) is 0 Å². The molecule has 1 aromatic carbocycles. The fourth-order valence-electron chi connectivity index (χ4n) is 2.02. The summed E-state index contributed by atoms with van der Waals surface area (Å²) in [7, 11) is 0. The Morgan fingerprint density at radius 3 is 2.89 bits per heavy atom. The molecule has 1 heterocycles. The van der Waals surface area contributed by atoms with Gasteiger partial charge in [-0.05, 0) is 25.3 Å². The number of anilines is 1. The minimum atomic E-state index is 0.437. The quantitative estimate of drug-likeness (QED) is 0.765. The summed E-state index contributed by atoms with van der Waals surface area (Å²) in [6.07, 6.45) is 8.02. The third kappa shape index (κ3) is 4.28. The van der Waals surface area contributed by atoms with E-state index in [9.17, 15) is 0 Å². The molecule has 0 saturated heterocycles. The molecule has 0 fully saturated rings. The van der Waals surface area contributed by atoms with Gasteiger partial charge in [0, 0.05) is 12.2 Å². The topological polar surface area (TPSA) is 29.9 Å². The lowest BCUT2D eigenvalue weighted by Gasteiger charge is -2.11. The highest BCUT2D eigenvalue weighted by atomic mass is 15.3. The van der Waals surface area contributed by atoms with Crippen molar-refractivity contribution < 1.29 is 0 Å². The third-order valence-corrected chi connectivity index (χ3v) is 3.04. The van der Waals surface area contributed by atoms with Crippen molar-refractivity contribution in [3.8, 4) is 0 Å². The van der Waals surface area contributed by atoms with E-state index in [1.807, 2.05) is 23.0 Å². The number of allylic oxidation sites excluding steroid dienone is 1. The Labute approximate surface area is 115 Å². The fraction of sp³-hybridized carbons (Fsp3) is 0.312. The van der Waals surface area contributed by atoms with E-state index in [2.05, 4.69) is 54.4 Å². The maximum absolute atomic E-state index is 4.38. The molecular weight excluding hydrogens is 234 g/mol. The van der Waals surface area contributed by atoms with Gasteiger partial charge in [-0.3, -0.25) is 4.68 Å². The summed E-state index contributed by atoms with van der Waals surface area (Å²) in [6, 6.07) is 10.8. The summed E-state index contributed by atoms with van der Waals surface area (Å²) in [5.41, 5.74) is 2.34. The van der Waals surface area contributed by atoms with E-state index in [1.54, 1.807) is 0 Å². The highest BCUT2D eigenvalue weighted by molar-refractivity contribution is 5.39. The fourth-order valence-corrected chi connectivity index (χ4v) is 2.02. The summed E-state index contributed by atoms with van der Waals surface area (Å²) >= 11 is 0. The first kappa shape index (κ1) is 13.4. The van der Waals surface area contributed by atoms with Crippen LogP contribution in [-0.2, 0) is 6.54 Å². The number of benzene rings is 1. The van der Waals surface area contributed by atoms with Gasteiger partial charge in [0.15, 0.2) is 0 Å². The molecule has 19 heavy (non-hydrogen) atoms. The second-order valence-corrected chi connectivity index (χ2v) is 4.82. The van der Waals surface area contributed by atoms with Gasteiger partial charge in [0.2, 0.25) is 0 Å². The molecule has 0 bridgehead atoms. The van der Waals surface area contributed by atoms with Crippen LogP contribution in [0.25, 0.3) is 0 Å². The van der Waals surface area contributed by atoms with Crippen molar-refractivity contribution >= 4 is 5.69 Å². The van der Waals surface area contributed by atoms with E-state index >= 15 is 0 Å². The van der Waals surface area contributed by atoms with E-state index < -0.39 is 0 Å². The number of nitrogens with zero attached hydrogens (tertiary/aromatic N) is 2. The molecule has 100 valence electrons. The molecule has 0 saturated carbocycles. The lowest BCUT2D eigenvalue weighted by atomic mass is 10.2. The molecule has 1 N–H and O–H groups in total. The summed E-state index contributed by atoms with van der Waals surface area (Å²) in [4.78, 5) is 0. The van der Waals surface area contributed by atoms with Crippen molar-refractivity contribution in [1.82, 2.24) is 9.78 Å². The van der Waals surface area contributed by atoms with Crippen LogP contribution in [-0.4, -0.2) is 15.8 Å². The Bertz CT molecular complexity index is 502. The second kappa shape index (κ2) is 6.78. The molecule has 3 heteroatoms. The van der Waals surface area contributed by atoms with E-state index in [0.29, 0.717) is 6.04 Å². The highest BCUT2D eigenvalue weighted by Crippen LogP contribution is 2.11. The van der Waals surface area contributed by atoms with Gasteiger partial charge in [0.05, 0.1) is 18.4 Å². The van der Waals surface area contributed by atoms with Crippen LogP contribution < -0.4 is 5.32 Å². The van der Waals surface area contributed by atoms with E-state index in [-0.39, 0.29) is 0 Å². The minimum Gasteiger partial charge on any atom is -0.380 e. The molecule has 3 nitrogen and oxygen atoms in total. The summed E-state index contributed by atoms with van der Waals surface area (Å²) in [5.74, 6) is 0. The molecule has 2 rings (SSSR count). The predicted molar refractivity (Wildman–Crippen MR) is 80.3 cm³/mol. The average molecular weight is 255 g/mol. The molecule has 0 amide bonds. The van der Waals surface area contributed by atoms with Crippen LogP contribution in [0.2, 0.25) is 0 Å². The standard InChI is InChI=1S/C16H21N3/c1-3-4-8-14(2)18-16-11-17-19(13-16)12-15-9-6-5-7-10-15/h3,5-7,9-11,13-14,18H,1,4,8,12H2,2H3. The number of rotatable bonds is 7. The van der Waals surface area contributed by atoms with Crippen LogP contribution in [0.15, 0.2) is 55.4 Å². The first-order chi connectivity index (χ1) is 9.28. The molecule has 0 radical (unpaired) electrons. The number of hydrogen-bond donors (Lipinski definition) is 1. The van der Waals surface area contributed by atoms with Gasteiger partial charge in [-0.1, -0.05) is 36.4 Å². The van der Waals surface area contributed by atoms with E-state index in [0.717, 1.165) is 25.1 Å². The smallest absolute Gasteiger partial charge is 0.0728 e. The largest absolute Gasteiger partial charge is 0.380 e. The average Bonchev–Trinajstić information content (AvgIpc) is 2.85. The molecule has 0 aliphatic carbocycles. The first-order valence-corrected chi connectivity index (χ1v) is 6.71. The Balaban J connectivity index is 1.90. The Kier molecular flexibility index (Phi) is 4.78. The number of aromatic nitrogens is 2. The van der Waals surface area contributed by atoms with Crippen LogP contribution in [0.4, 0.5) is 5.69 Å². The lowest BCUT2D eigenvalue weighted by molar-refractivity contribution is 0.686. The number of nitrogens with one attached hydrogen (secondary N) is 1. The zero-order valence-corrected chi connectivity index (χ0v) is 11.4. The Hall–Kier alpha value is -2.03. The monoisotopic (exact) mass is 255 g/mol. The SMILES string of the molecule is C=CCCC(C)Nc1cnn(Cc2ccccc2)c1. The molecule has 0 aliphatic rings. The van der Waals surface area contributed by atoms with Crippen molar-refractivity contribution in [2.75, 3.05) is 5.32 Å². The van der Waals surface area contributed by atoms with Crippen LogP contribution in [0.5, 0.6) is 0 Å². The second-order valence-electron chi connectivity index (χ2n) is 4.82. The van der Waals surface area contributed by atoms with Crippen LogP contribution in [0.3, 0.4) is 0 Å². The predicted octanol–water partition coefficient (Wildman–Crippen LogP) is 3.70. The Morgan fingerprint density at radius 2 is 2.16 bits per heavy atom. The van der Waals surface area contributed by atoms with Crippen molar-refractivity contribution in [2.45, 2.75) is 32.4 Å². The minimum absolute atomic E-state index is 0.437. The van der Waals surface area contributed by atoms with Crippen LogP contribution in [0, 0.1) is 0 Å². The highest BCUT2D eigenvalue weighted by Gasteiger charge is 2.03. The van der Waals surface area contributed by atoms with Crippen LogP contribution >= 0.6 is 0 Å². The third-order valence-electron chi connectivity index (χ3n) is 3.04. The van der Waals surface area contributed by atoms with Gasteiger partial charge in [0.25, 0.3) is 0 Å². The van der Waals surface area contributed by atoms with Gasteiger partial charge in [-0.15, -0.1) is 6.58 Å². The normalized spacial score (nSPS) is 12.1. The zero-order valence-electron chi connectivity index (χ0n) is 11.4. The molecule has 1 aromatic heterocycles.